The van der Waals surface area contributed by atoms with E-state index >= 15 is 0 Å². The third kappa shape index (κ3) is 4.29. The van der Waals surface area contributed by atoms with E-state index in [1.54, 1.807) is 31.2 Å². The summed E-state index contributed by atoms with van der Waals surface area (Å²) in [7, 11) is 0. The van der Waals surface area contributed by atoms with E-state index in [1.165, 1.54) is 4.80 Å². The first-order valence-electron chi connectivity index (χ1n) is 8.06. The number of tetrazole rings is 1. The first-order valence-corrected chi connectivity index (χ1v) is 8.06. The Morgan fingerprint density at radius 3 is 2.69 bits per heavy atom. The number of benzene rings is 2. The maximum absolute atomic E-state index is 12.2. The molecule has 0 saturated heterocycles. The van der Waals surface area contributed by atoms with Crippen LogP contribution >= 0.6 is 0 Å². The van der Waals surface area contributed by atoms with E-state index in [4.69, 9.17) is 4.74 Å². The van der Waals surface area contributed by atoms with Crippen LogP contribution in [0, 0.1) is 0 Å². The lowest BCUT2D eigenvalue weighted by atomic mass is 10.2. The van der Waals surface area contributed by atoms with Crippen molar-refractivity contribution in [2.75, 3.05) is 11.9 Å². The average Bonchev–Trinajstić information content (AvgIpc) is 3.11. The van der Waals surface area contributed by atoms with Crippen molar-refractivity contribution in [1.82, 2.24) is 20.2 Å². The van der Waals surface area contributed by atoms with Crippen molar-refractivity contribution in [2.45, 2.75) is 13.5 Å². The van der Waals surface area contributed by atoms with Gasteiger partial charge in [0.05, 0.1) is 12.2 Å². The van der Waals surface area contributed by atoms with Crippen LogP contribution in [0.1, 0.15) is 17.3 Å². The van der Waals surface area contributed by atoms with Gasteiger partial charge in [0, 0.05) is 11.3 Å². The number of ether oxygens (including phenoxy) is 1. The van der Waals surface area contributed by atoms with Crippen LogP contribution in [-0.2, 0) is 16.1 Å². The SMILES string of the molecule is CCOC(=O)c1cccc(NC(=O)Cn2nnc(-c3ccccc3)n2)c1. The van der Waals surface area contributed by atoms with E-state index in [-0.39, 0.29) is 19.1 Å². The molecular weight excluding hydrogens is 334 g/mol. The van der Waals surface area contributed by atoms with Gasteiger partial charge in [-0.1, -0.05) is 36.4 Å². The summed E-state index contributed by atoms with van der Waals surface area (Å²) in [4.78, 5) is 25.1. The molecule has 26 heavy (non-hydrogen) atoms. The summed E-state index contributed by atoms with van der Waals surface area (Å²) in [6.07, 6.45) is 0. The normalized spacial score (nSPS) is 10.3. The third-order valence-electron chi connectivity index (χ3n) is 3.43. The second-order valence-corrected chi connectivity index (χ2v) is 5.36. The summed E-state index contributed by atoms with van der Waals surface area (Å²) in [5.74, 6) is -0.320. The molecule has 0 aliphatic carbocycles. The van der Waals surface area contributed by atoms with Crippen LogP contribution in [0.3, 0.4) is 0 Å². The van der Waals surface area contributed by atoms with Crippen LogP contribution in [-0.4, -0.2) is 38.7 Å². The van der Waals surface area contributed by atoms with Crippen molar-refractivity contribution in [3.8, 4) is 11.4 Å². The summed E-state index contributed by atoms with van der Waals surface area (Å²) in [6, 6.07) is 15.9. The van der Waals surface area contributed by atoms with Crippen LogP contribution < -0.4 is 5.32 Å². The van der Waals surface area contributed by atoms with Crippen LogP contribution in [0.5, 0.6) is 0 Å². The highest BCUT2D eigenvalue weighted by molar-refractivity contribution is 5.94. The van der Waals surface area contributed by atoms with Crippen molar-refractivity contribution in [2.24, 2.45) is 0 Å². The molecule has 0 spiro atoms. The molecule has 0 saturated carbocycles. The van der Waals surface area contributed by atoms with Gasteiger partial charge in [-0.05, 0) is 30.3 Å². The van der Waals surface area contributed by atoms with Gasteiger partial charge in [-0.15, -0.1) is 10.2 Å². The summed E-state index contributed by atoms with van der Waals surface area (Å²) < 4.78 is 4.94. The number of aromatic nitrogens is 4. The molecule has 0 bridgehead atoms. The predicted octanol–water partition coefficient (Wildman–Crippen LogP) is 2.16. The molecule has 8 heteroatoms. The monoisotopic (exact) mass is 351 g/mol. The van der Waals surface area contributed by atoms with Crippen molar-refractivity contribution in [1.29, 1.82) is 0 Å². The van der Waals surface area contributed by atoms with E-state index in [1.807, 2.05) is 30.3 Å². The fourth-order valence-corrected chi connectivity index (χ4v) is 2.28. The molecule has 0 unspecified atom stereocenters. The van der Waals surface area contributed by atoms with Crippen LogP contribution in [0.4, 0.5) is 5.69 Å². The zero-order valence-corrected chi connectivity index (χ0v) is 14.1. The summed E-state index contributed by atoms with van der Waals surface area (Å²) in [5.41, 5.74) is 1.68. The molecule has 0 aliphatic heterocycles. The number of rotatable bonds is 6. The highest BCUT2D eigenvalue weighted by Crippen LogP contribution is 2.13. The zero-order valence-electron chi connectivity index (χ0n) is 14.1. The average molecular weight is 351 g/mol. The molecule has 1 N–H and O–H groups in total. The van der Waals surface area contributed by atoms with Crippen LogP contribution in [0.25, 0.3) is 11.4 Å². The minimum absolute atomic E-state index is 0.0938. The van der Waals surface area contributed by atoms with Crippen molar-refractivity contribution in [3.63, 3.8) is 0 Å². The number of anilines is 1. The second-order valence-electron chi connectivity index (χ2n) is 5.36. The lowest BCUT2D eigenvalue weighted by Gasteiger charge is -2.06. The summed E-state index contributed by atoms with van der Waals surface area (Å²) in [6.45, 7) is 1.93. The quantitative estimate of drug-likeness (QED) is 0.683. The fraction of sp³-hybridized carbons (Fsp3) is 0.167. The molecule has 0 aliphatic rings. The number of esters is 1. The first-order chi connectivity index (χ1) is 12.7. The Bertz CT molecular complexity index is 908. The molecule has 1 heterocycles. The molecule has 132 valence electrons. The predicted molar refractivity (Wildman–Crippen MR) is 94.3 cm³/mol. The van der Waals surface area contributed by atoms with Crippen LogP contribution in [0.2, 0.25) is 0 Å². The van der Waals surface area contributed by atoms with Crippen molar-refractivity contribution < 1.29 is 14.3 Å². The number of hydrogen-bond acceptors (Lipinski definition) is 6. The number of nitrogens with one attached hydrogen (secondary N) is 1. The molecule has 8 nitrogen and oxygen atoms in total. The van der Waals surface area contributed by atoms with Gasteiger partial charge in [-0.2, -0.15) is 4.80 Å². The largest absolute Gasteiger partial charge is 0.462 e. The Balaban J connectivity index is 1.64. The van der Waals surface area contributed by atoms with Gasteiger partial charge in [0.1, 0.15) is 6.54 Å². The zero-order chi connectivity index (χ0) is 18.4. The Morgan fingerprint density at radius 1 is 1.12 bits per heavy atom. The Hall–Kier alpha value is -3.55. The minimum Gasteiger partial charge on any atom is -0.462 e. The lowest BCUT2D eigenvalue weighted by molar-refractivity contribution is -0.117. The van der Waals surface area contributed by atoms with Crippen LogP contribution in [0.15, 0.2) is 54.6 Å². The lowest BCUT2D eigenvalue weighted by Crippen LogP contribution is -2.20. The van der Waals surface area contributed by atoms with Gasteiger partial charge < -0.3 is 10.1 Å². The van der Waals surface area contributed by atoms with E-state index in [2.05, 4.69) is 20.7 Å². The topological polar surface area (TPSA) is 99.0 Å². The van der Waals surface area contributed by atoms with E-state index in [0.29, 0.717) is 17.1 Å². The van der Waals surface area contributed by atoms with E-state index < -0.39 is 5.97 Å². The van der Waals surface area contributed by atoms with Gasteiger partial charge in [0.25, 0.3) is 0 Å². The third-order valence-corrected chi connectivity index (χ3v) is 3.43. The molecule has 1 aromatic heterocycles. The van der Waals surface area contributed by atoms with Gasteiger partial charge in [-0.25, -0.2) is 4.79 Å². The Labute approximate surface area is 149 Å². The first kappa shape index (κ1) is 17.3. The number of nitrogens with zero attached hydrogens (tertiary/aromatic N) is 4. The van der Waals surface area contributed by atoms with Gasteiger partial charge in [0.2, 0.25) is 11.7 Å². The van der Waals surface area contributed by atoms with Gasteiger partial charge in [0.15, 0.2) is 0 Å². The molecule has 1 amide bonds. The van der Waals surface area contributed by atoms with E-state index in [0.717, 1.165) is 5.56 Å². The molecule has 0 radical (unpaired) electrons. The number of amides is 1. The van der Waals surface area contributed by atoms with Gasteiger partial charge >= 0.3 is 5.97 Å². The number of carbonyl (C=O) groups excluding carboxylic acids is 2. The highest BCUT2D eigenvalue weighted by atomic mass is 16.5. The summed E-state index contributed by atoms with van der Waals surface area (Å²) >= 11 is 0. The smallest absolute Gasteiger partial charge is 0.338 e. The van der Waals surface area contributed by atoms with Gasteiger partial charge in [-0.3, -0.25) is 4.79 Å². The van der Waals surface area contributed by atoms with Crippen molar-refractivity contribution >= 4 is 17.6 Å². The molecular formula is C18H17N5O3. The van der Waals surface area contributed by atoms with Crippen molar-refractivity contribution in [3.05, 3.63) is 60.2 Å². The standard InChI is InChI=1S/C18H17N5O3/c1-2-26-18(25)14-9-6-10-15(11-14)19-16(24)12-23-21-17(20-22-23)13-7-4-3-5-8-13/h3-11H,2,12H2,1H3,(H,19,24). The Kier molecular flexibility index (Phi) is 5.33. The summed E-state index contributed by atoms with van der Waals surface area (Å²) in [5, 5.41) is 14.7. The van der Waals surface area contributed by atoms with E-state index in [9.17, 15) is 9.59 Å². The molecule has 3 aromatic rings. The molecule has 0 atom stereocenters. The molecule has 0 fully saturated rings. The Morgan fingerprint density at radius 2 is 1.92 bits per heavy atom. The molecule has 2 aromatic carbocycles. The highest BCUT2D eigenvalue weighted by Gasteiger charge is 2.11. The second kappa shape index (κ2) is 8.02. The maximum Gasteiger partial charge on any atom is 0.338 e. The number of hydrogen-bond donors (Lipinski definition) is 1. The fourth-order valence-electron chi connectivity index (χ4n) is 2.28. The minimum atomic E-state index is -0.436. The molecule has 3 rings (SSSR count). The number of carbonyl (C=O) groups is 2. The maximum atomic E-state index is 12.2.